The number of hydrogen-bond donors (Lipinski definition) is 2. The van der Waals surface area contributed by atoms with Crippen LogP contribution in [-0.2, 0) is 4.79 Å². The van der Waals surface area contributed by atoms with Crippen LogP contribution in [0.5, 0.6) is 0 Å². The highest BCUT2D eigenvalue weighted by Gasteiger charge is 2.07. The second-order valence-electron chi connectivity index (χ2n) is 4.83. The van der Waals surface area contributed by atoms with Crippen LogP contribution in [0.25, 0.3) is 10.2 Å². The maximum atomic E-state index is 11.8. The molecule has 6 heteroatoms. The number of carbonyl (C=O) groups excluding carboxylic acids is 1. The lowest BCUT2D eigenvalue weighted by atomic mass is 10.2. The van der Waals surface area contributed by atoms with E-state index >= 15 is 0 Å². The van der Waals surface area contributed by atoms with Crippen LogP contribution in [0.2, 0.25) is 0 Å². The van der Waals surface area contributed by atoms with Crippen molar-refractivity contribution in [3.8, 4) is 0 Å². The van der Waals surface area contributed by atoms with Crippen molar-refractivity contribution >= 4 is 49.8 Å². The predicted octanol–water partition coefficient (Wildman–Crippen LogP) is 3.73. The molecule has 0 radical (unpaired) electrons. The Morgan fingerprint density at radius 3 is 2.86 bits per heavy atom. The zero-order chi connectivity index (χ0) is 15.1. The maximum absolute atomic E-state index is 11.8. The topological polar surface area (TPSA) is 54.0 Å². The third kappa shape index (κ3) is 5.40. The number of aromatic nitrogens is 1. The van der Waals surface area contributed by atoms with Crippen LogP contribution in [-0.4, -0.2) is 22.4 Å². The summed E-state index contributed by atoms with van der Waals surface area (Å²) in [5.74, 6) is 0.0352. The van der Waals surface area contributed by atoms with Crippen molar-refractivity contribution in [3.63, 3.8) is 0 Å². The molecule has 0 atom stereocenters. The minimum Gasteiger partial charge on any atom is -0.380 e. The van der Waals surface area contributed by atoms with E-state index in [1.165, 1.54) is 11.3 Å². The lowest BCUT2D eigenvalue weighted by molar-refractivity contribution is -0.116. The minimum absolute atomic E-state index is 0.0352. The van der Waals surface area contributed by atoms with Crippen molar-refractivity contribution in [3.05, 3.63) is 24.3 Å². The fourth-order valence-corrected chi connectivity index (χ4v) is 2.94. The molecular weight excluding hydrogens is 302 g/mol. The molecule has 0 spiro atoms. The number of thiocarbonyl (C=S) groups is 1. The fraction of sp³-hybridized carbons (Fsp3) is 0.400. The quantitative estimate of drug-likeness (QED) is 0.602. The number of rotatable bonds is 7. The van der Waals surface area contributed by atoms with E-state index in [9.17, 15) is 4.79 Å². The Morgan fingerprint density at radius 1 is 1.29 bits per heavy atom. The van der Waals surface area contributed by atoms with Crippen molar-refractivity contribution in [1.82, 2.24) is 10.3 Å². The van der Waals surface area contributed by atoms with Gasteiger partial charge < -0.3 is 10.6 Å². The van der Waals surface area contributed by atoms with Crippen molar-refractivity contribution in [2.24, 2.45) is 0 Å². The number of unbranched alkanes of at least 4 members (excludes halogenated alkanes) is 2. The summed E-state index contributed by atoms with van der Waals surface area (Å²) in [5, 5.41) is 6.66. The number of thiazole rings is 1. The monoisotopic (exact) mass is 321 g/mol. The molecule has 2 N–H and O–H groups in total. The average Bonchev–Trinajstić information content (AvgIpc) is 2.84. The average molecular weight is 321 g/mol. The Kier molecular flexibility index (Phi) is 6.07. The fourth-order valence-electron chi connectivity index (χ4n) is 1.96. The first-order valence-corrected chi connectivity index (χ1v) is 8.27. The Balaban J connectivity index is 1.68. The van der Waals surface area contributed by atoms with Gasteiger partial charge in [-0.15, -0.1) is 0 Å². The summed E-state index contributed by atoms with van der Waals surface area (Å²) in [7, 11) is 0. The molecule has 1 aromatic carbocycles. The summed E-state index contributed by atoms with van der Waals surface area (Å²) in [6.07, 6.45) is 3.46. The van der Waals surface area contributed by atoms with Crippen molar-refractivity contribution < 1.29 is 4.79 Å². The van der Waals surface area contributed by atoms with Crippen LogP contribution in [0.4, 0.5) is 5.13 Å². The molecule has 4 nitrogen and oxygen atoms in total. The Hall–Kier alpha value is -1.53. The van der Waals surface area contributed by atoms with Gasteiger partial charge in [-0.3, -0.25) is 4.79 Å². The molecule has 0 bridgehead atoms. The molecule has 1 amide bonds. The van der Waals surface area contributed by atoms with E-state index in [-0.39, 0.29) is 5.91 Å². The number of benzene rings is 1. The molecule has 0 aliphatic carbocycles. The highest BCUT2D eigenvalue weighted by atomic mass is 32.1. The normalized spacial score (nSPS) is 10.5. The SMILES string of the molecule is CC(=S)NCCCCCC(=O)Nc1nc2ccccc2s1. The molecule has 0 saturated heterocycles. The van der Waals surface area contributed by atoms with Gasteiger partial charge in [-0.25, -0.2) is 4.98 Å². The van der Waals surface area contributed by atoms with E-state index < -0.39 is 0 Å². The standard InChI is InChI=1S/C15H19N3OS2/c1-11(20)16-10-6-2-3-9-14(19)18-15-17-12-7-4-5-8-13(12)21-15/h4-5,7-8H,2-3,6,9-10H2,1H3,(H,16,20)(H,17,18,19). The van der Waals surface area contributed by atoms with Gasteiger partial charge in [0.25, 0.3) is 0 Å². The van der Waals surface area contributed by atoms with Gasteiger partial charge in [0, 0.05) is 13.0 Å². The molecule has 112 valence electrons. The molecule has 0 fully saturated rings. The van der Waals surface area contributed by atoms with Crippen LogP contribution < -0.4 is 10.6 Å². The van der Waals surface area contributed by atoms with Crippen LogP contribution >= 0.6 is 23.6 Å². The van der Waals surface area contributed by atoms with Crippen LogP contribution in [0.3, 0.4) is 0 Å². The molecule has 0 aliphatic rings. The van der Waals surface area contributed by atoms with Gasteiger partial charge in [0.15, 0.2) is 5.13 Å². The van der Waals surface area contributed by atoms with E-state index in [0.717, 1.165) is 41.0 Å². The molecule has 1 heterocycles. The summed E-state index contributed by atoms with van der Waals surface area (Å²) in [4.78, 5) is 17.1. The third-order valence-corrected chi connectivity index (χ3v) is 4.09. The van der Waals surface area contributed by atoms with Gasteiger partial charge in [0.1, 0.15) is 0 Å². The number of fused-ring (bicyclic) bond motifs is 1. The zero-order valence-corrected chi connectivity index (χ0v) is 13.6. The summed E-state index contributed by atoms with van der Waals surface area (Å²) in [6.45, 7) is 2.76. The Bertz CT molecular complexity index is 591. The zero-order valence-electron chi connectivity index (χ0n) is 12.0. The van der Waals surface area contributed by atoms with Gasteiger partial charge >= 0.3 is 0 Å². The largest absolute Gasteiger partial charge is 0.380 e. The highest BCUT2D eigenvalue weighted by Crippen LogP contribution is 2.25. The van der Waals surface area contributed by atoms with E-state index in [0.29, 0.717) is 11.6 Å². The third-order valence-electron chi connectivity index (χ3n) is 2.99. The van der Waals surface area contributed by atoms with E-state index in [2.05, 4.69) is 15.6 Å². The lowest BCUT2D eigenvalue weighted by Crippen LogP contribution is -2.19. The molecule has 2 aromatic rings. The van der Waals surface area contributed by atoms with Crippen molar-refractivity contribution in [2.75, 3.05) is 11.9 Å². The number of nitrogens with one attached hydrogen (secondary N) is 2. The van der Waals surface area contributed by atoms with Gasteiger partial charge in [-0.2, -0.15) is 0 Å². The number of hydrogen-bond acceptors (Lipinski definition) is 4. The second-order valence-corrected chi connectivity index (χ2v) is 6.47. The van der Waals surface area contributed by atoms with E-state index in [1.54, 1.807) is 0 Å². The first kappa shape index (κ1) is 15.9. The maximum Gasteiger partial charge on any atom is 0.226 e. The van der Waals surface area contributed by atoms with E-state index in [1.807, 2.05) is 31.2 Å². The van der Waals surface area contributed by atoms with Gasteiger partial charge in [-0.05, 0) is 31.9 Å². The number of carbonyl (C=O) groups is 1. The summed E-state index contributed by atoms with van der Waals surface area (Å²) >= 11 is 6.44. The highest BCUT2D eigenvalue weighted by molar-refractivity contribution is 7.80. The Morgan fingerprint density at radius 2 is 2.10 bits per heavy atom. The number of anilines is 1. The molecule has 21 heavy (non-hydrogen) atoms. The first-order valence-electron chi connectivity index (χ1n) is 7.05. The van der Waals surface area contributed by atoms with Crippen molar-refractivity contribution in [1.29, 1.82) is 0 Å². The molecule has 0 unspecified atom stereocenters. The number of para-hydroxylation sites is 1. The van der Waals surface area contributed by atoms with Crippen LogP contribution in [0.1, 0.15) is 32.6 Å². The minimum atomic E-state index is 0.0352. The lowest BCUT2D eigenvalue weighted by Gasteiger charge is -2.04. The number of nitrogens with zero attached hydrogens (tertiary/aromatic N) is 1. The van der Waals surface area contributed by atoms with Gasteiger partial charge in [0.05, 0.1) is 15.2 Å². The van der Waals surface area contributed by atoms with Crippen LogP contribution in [0, 0.1) is 0 Å². The molecule has 0 aliphatic heterocycles. The summed E-state index contributed by atoms with van der Waals surface area (Å²) in [5.41, 5.74) is 0.930. The van der Waals surface area contributed by atoms with Gasteiger partial charge in [0.2, 0.25) is 5.91 Å². The summed E-state index contributed by atoms with van der Waals surface area (Å²) < 4.78 is 1.09. The van der Waals surface area contributed by atoms with E-state index in [4.69, 9.17) is 12.2 Å². The molecule has 1 aromatic heterocycles. The predicted molar refractivity (Wildman–Crippen MR) is 93.0 cm³/mol. The molecule has 0 saturated carbocycles. The first-order chi connectivity index (χ1) is 10.1. The summed E-state index contributed by atoms with van der Waals surface area (Å²) in [6, 6.07) is 7.88. The molecular formula is C15H19N3OS2. The van der Waals surface area contributed by atoms with Crippen molar-refractivity contribution in [2.45, 2.75) is 32.6 Å². The molecule has 2 rings (SSSR count). The van der Waals surface area contributed by atoms with Gasteiger partial charge in [-0.1, -0.05) is 42.1 Å². The second kappa shape index (κ2) is 8.05. The van der Waals surface area contributed by atoms with Crippen LogP contribution in [0.15, 0.2) is 24.3 Å². The number of amides is 1. The Labute approximate surface area is 134 Å². The smallest absolute Gasteiger partial charge is 0.226 e.